The number of hydrogen-bond acceptors (Lipinski definition) is 3. The summed E-state index contributed by atoms with van der Waals surface area (Å²) < 4.78 is 4.31. The average Bonchev–Trinajstić information content (AvgIpc) is 2.05. The molecule has 0 aliphatic rings. The minimum Gasteiger partial charge on any atom is -0.469 e. The first-order valence-electron chi connectivity index (χ1n) is 3.65. The highest BCUT2D eigenvalue weighted by molar-refractivity contribution is 5.94. The van der Waals surface area contributed by atoms with Crippen LogP contribution in [-0.4, -0.2) is 25.5 Å². The number of carbonyl (C=O) groups excluding carboxylic acids is 2. The lowest BCUT2D eigenvalue weighted by molar-refractivity contribution is -0.143. The van der Waals surface area contributed by atoms with E-state index in [0.29, 0.717) is 6.54 Å². The maximum absolute atomic E-state index is 10.8. The predicted molar refractivity (Wildman–Crippen MR) is 44.5 cm³/mol. The first-order valence-corrected chi connectivity index (χ1v) is 3.65. The van der Waals surface area contributed by atoms with Crippen molar-refractivity contribution in [1.29, 1.82) is 0 Å². The number of nitrogens with one attached hydrogen (secondary N) is 1. The average molecular weight is 171 g/mol. The van der Waals surface area contributed by atoms with Crippen molar-refractivity contribution in [3.05, 3.63) is 12.2 Å². The molecule has 0 aromatic carbocycles. The Balaban J connectivity index is 3.53. The van der Waals surface area contributed by atoms with Crippen LogP contribution in [0.2, 0.25) is 0 Å². The van der Waals surface area contributed by atoms with E-state index < -0.39 is 5.97 Å². The number of hydrogen-bond donors (Lipinski definition) is 1. The zero-order valence-electron chi connectivity index (χ0n) is 7.29. The molecule has 4 heteroatoms. The summed E-state index contributed by atoms with van der Waals surface area (Å²) >= 11 is 0. The van der Waals surface area contributed by atoms with Gasteiger partial charge in [-0.1, -0.05) is 12.2 Å². The Labute approximate surface area is 71.6 Å². The van der Waals surface area contributed by atoms with Gasteiger partial charge in [0.15, 0.2) is 0 Å². The van der Waals surface area contributed by atoms with Crippen LogP contribution in [0.3, 0.4) is 0 Å². The molecule has 68 valence electrons. The van der Waals surface area contributed by atoms with Crippen molar-refractivity contribution >= 4 is 11.9 Å². The fourth-order valence-corrected chi connectivity index (χ4v) is 0.556. The van der Waals surface area contributed by atoms with E-state index in [2.05, 4.69) is 10.1 Å². The van der Waals surface area contributed by atoms with Gasteiger partial charge < -0.3 is 10.1 Å². The Kier molecular flexibility index (Phi) is 5.69. The van der Waals surface area contributed by atoms with Crippen molar-refractivity contribution < 1.29 is 14.3 Å². The maximum Gasteiger partial charge on any atom is 0.315 e. The van der Waals surface area contributed by atoms with Crippen molar-refractivity contribution in [3.8, 4) is 0 Å². The van der Waals surface area contributed by atoms with Gasteiger partial charge in [-0.3, -0.25) is 9.59 Å². The minimum atomic E-state index is -0.520. The molecule has 0 saturated heterocycles. The van der Waals surface area contributed by atoms with Crippen molar-refractivity contribution in [3.63, 3.8) is 0 Å². The Hall–Kier alpha value is -1.32. The molecule has 1 N–H and O–H groups in total. The third-order valence-corrected chi connectivity index (χ3v) is 1.19. The molecule has 0 spiro atoms. The molecule has 1 amide bonds. The van der Waals surface area contributed by atoms with Gasteiger partial charge in [-0.15, -0.1) is 0 Å². The number of ether oxygens (including phenoxy) is 1. The standard InChI is InChI=1S/C8H13NO3/c1-3-4-5-9-7(10)6-8(11)12-2/h3-4H,5-6H2,1-2H3,(H,9,10). The van der Waals surface area contributed by atoms with Crippen molar-refractivity contribution in [2.45, 2.75) is 13.3 Å². The van der Waals surface area contributed by atoms with Gasteiger partial charge >= 0.3 is 5.97 Å². The normalized spacial score (nSPS) is 9.83. The highest BCUT2D eigenvalue weighted by Crippen LogP contribution is 1.83. The summed E-state index contributed by atoms with van der Waals surface area (Å²) in [6.45, 7) is 2.30. The first kappa shape index (κ1) is 10.7. The largest absolute Gasteiger partial charge is 0.469 e. The fourth-order valence-electron chi connectivity index (χ4n) is 0.556. The van der Waals surface area contributed by atoms with E-state index in [1.54, 1.807) is 6.08 Å². The highest BCUT2D eigenvalue weighted by Gasteiger charge is 2.06. The van der Waals surface area contributed by atoms with Gasteiger partial charge in [0.25, 0.3) is 0 Å². The van der Waals surface area contributed by atoms with Crippen molar-refractivity contribution in [2.24, 2.45) is 0 Å². The van der Waals surface area contributed by atoms with Crippen LogP contribution in [0.25, 0.3) is 0 Å². The monoisotopic (exact) mass is 171 g/mol. The number of amides is 1. The molecule has 0 heterocycles. The van der Waals surface area contributed by atoms with Crippen LogP contribution in [0.15, 0.2) is 12.2 Å². The molecule has 0 fully saturated rings. The number of methoxy groups -OCH3 is 1. The van der Waals surface area contributed by atoms with Crippen LogP contribution in [-0.2, 0) is 14.3 Å². The molecule has 0 aliphatic heterocycles. The topological polar surface area (TPSA) is 55.4 Å². The second kappa shape index (κ2) is 6.39. The molecule has 0 aromatic rings. The summed E-state index contributed by atoms with van der Waals surface area (Å²) in [5, 5.41) is 2.52. The summed E-state index contributed by atoms with van der Waals surface area (Å²) in [5.41, 5.74) is 0. The number of rotatable bonds is 4. The lowest BCUT2D eigenvalue weighted by atomic mass is 10.4. The van der Waals surface area contributed by atoms with E-state index >= 15 is 0 Å². The second-order valence-corrected chi connectivity index (χ2v) is 2.13. The third-order valence-electron chi connectivity index (χ3n) is 1.19. The fraction of sp³-hybridized carbons (Fsp3) is 0.500. The van der Waals surface area contributed by atoms with Gasteiger partial charge in [-0.2, -0.15) is 0 Å². The van der Waals surface area contributed by atoms with Gasteiger partial charge in [0, 0.05) is 6.54 Å². The van der Waals surface area contributed by atoms with E-state index in [1.807, 2.05) is 13.0 Å². The molecule has 0 aromatic heterocycles. The first-order chi connectivity index (χ1) is 5.70. The zero-order chi connectivity index (χ0) is 9.40. The van der Waals surface area contributed by atoms with Gasteiger partial charge in [-0.05, 0) is 6.92 Å². The maximum atomic E-state index is 10.8. The van der Waals surface area contributed by atoms with Gasteiger partial charge in [0.2, 0.25) is 5.91 Å². The smallest absolute Gasteiger partial charge is 0.315 e. The Morgan fingerprint density at radius 3 is 2.67 bits per heavy atom. The summed E-state index contributed by atoms with van der Waals surface area (Å²) in [5.74, 6) is -0.840. The predicted octanol–water partition coefficient (Wildman–Crippen LogP) is 0.242. The van der Waals surface area contributed by atoms with Crippen LogP contribution in [0.5, 0.6) is 0 Å². The van der Waals surface area contributed by atoms with E-state index in [4.69, 9.17) is 0 Å². The van der Waals surface area contributed by atoms with E-state index in [0.717, 1.165) is 0 Å². The number of carbonyl (C=O) groups is 2. The van der Waals surface area contributed by atoms with Crippen LogP contribution in [0, 0.1) is 0 Å². The molecular weight excluding hydrogens is 158 g/mol. The third kappa shape index (κ3) is 5.46. The second-order valence-electron chi connectivity index (χ2n) is 2.13. The Morgan fingerprint density at radius 2 is 2.17 bits per heavy atom. The molecule has 12 heavy (non-hydrogen) atoms. The van der Waals surface area contributed by atoms with Crippen LogP contribution in [0.1, 0.15) is 13.3 Å². The van der Waals surface area contributed by atoms with E-state index in [9.17, 15) is 9.59 Å². The van der Waals surface area contributed by atoms with Crippen molar-refractivity contribution in [1.82, 2.24) is 5.32 Å². The number of allylic oxidation sites excluding steroid dienone is 1. The minimum absolute atomic E-state index is 0.214. The molecule has 0 aliphatic carbocycles. The lowest BCUT2D eigenvalue weighted by Gasteiger charge is -1.99. The molecule has 0 atom stereocenters. The van der Waals surface area contributed by atoms with Crippen LogP contribution < -0.4 is 5.32 Å². The molecule has 0 unspecified atom stereocenters. The SMILES string of the molecule is CC=CCNC(=O)CC(=O)OC. The molecule has 0 rings (SSSR count). The van der Waals surface area contributed by atoms with Crippen LogP contribution in [0.4, 0.5) is 0 Å². The molecule has 0 radical (unpaired) electrons. The zero-order valence-corrected chi connectivity index (χ0v) is 7.29. The summed E-state index contributed by atoms with van der Waals surface area (Å²) in [6, 6.07) is 0. The lowest BCUT2D eigenvalue weighted by Crippen LogP contribution is -2.26. The molecular formula is C8H13NO3. The van der Waals surface area contributed by atoms with Gasteiger partial charge in [-0.25, -0.2) is 0 Å². The Morgan fingerprint density at radius 1 is 1.50 bits per heavy atom. The van der Waals surface area contributed by atoms with Gasteiger partial charge in [0.05, 0.1) is 7.11 Å². The molecule has 4 nitrogen and oxygen atoms in total. The molecule has 0 saturated carbocycles. The Bertz CT molecular complexity index is 187. The van der Waals surface area contributed by atoms with E-state index in [1.165, 1.54) is 7.11 Å². The summed E-state index contributed by atoms with van der Waals surface area (Å²) in [4.78, 5) is 21.4. The van der Waals surface area contributed by atoms with E-state index in [-0.39, 0.29) is 12.3 Å². The molecule has 0 bridgehead atoms. The van der Waals surface area contributed by atoms with Crippen molar-refractivity contribution in [2.75, 3.05) is 13.7 Å². The number of esters is 1. The van der Waals surface area contributed by atoms with Gasteiger partial charge in [0.1, 0.15) is 6.42 Å². The quantitative estimate of drug-likeness (QED) is 0.374. The summed E-state index contributed by atoms with van der Waals surface area (Å²) in [6.07, 6.45) is 3.39. The highest BCUT2D eigenvalue weighted by atomic mass is 16.5. The summed E-state index contributed by atoms with van der Waals surface area (Å²) in [7, 11) is 1.25. The van der Waals surface area contributed by atoms with Crippen LogP contribution >= 0.6 is 0 Å².